The Labute approximate surface area is 153 Å². The number of hydrogen-bond acceptors (Lipinski definition) is 5. The summed E-state index contributed by atoms with van der Waals surface area (Å²) >= 11 is 0. The molecule has 0 spiro atoms. The van der Waals surface area contributed by atoms with Crippen LogP contribution in [0.1, 0.15) is 29.3 Å². The second-order valence-corrected chi connectivity index (χ2v) is 5.78. The Bertz CT molecular complexity index is 774. The average molecular weight is 356 g/mol. The van der Waals surface area contributed by atoms with Crippen LogP contribution in [0.2, 0.25) is 0 Å². The van der Waals surface area contributed by atoms with Crippen molar-refractivity contribution in [2.24, 2.45) is 0 Å². The lowest BCUT2D eigenvalue weighted by molar-refractivity contribution is -0.121. The zero-order valence-corrected chi connectivity index (χ0v) is 15.3. The van der Waals surface area contributed by atoms with Crippen LogP contribution in [0.15, 0.2) is 42.5 Å². The highest BCUT2D eigenvalue weighted by atomic mass is 16.5. The maximum Gasteiger partial charge on any atom is 0.222 e. The number of Topliss-reactive ketones (excluding diaryl/α,β-unsaturated/α-hetero) is 1. The molecule has 0 unspecified atom stereocenters. The minimum absolute atomic E-state index is 0.0151. The van der Waals surface area contributed by atoms with E-state index in [0.29, 0.717) is 36.6 Å². The van der Waals surface area contributed by atoms with Crippen molar-refractivity contribution in [1.82, 2.24) is 5.32 Å². The molecule has 1 amide bonds. The quantitative estimate of drug-likeness (QED) is 0.676. The third-order valence-corrected chi connectivity index (χ3v) is 3.89. The smallest absolute Gasteiger partial charge is 0.222 e. The molecule has 0 aliphatic carbocycles. The first-order valence-electron chi connectivity index (χ1n) is 8.36. The summed E-state index contributed by atoms with van der Waals surface area (Å²) in [4.78, 5) is 23.4. The lowest BCUT2D eigenvalue weighted by Gasteiger charge is -2.11. The normalized spacial score (nSPS) is 10.1. The van der Waals surface area contributed by atoms with E-state index >= 15 is 0 Å². The molecule has 0 fully saturated rings. The number of hydrogen-bond donors (Lipinski definition) is 2. The molecule has 6 nitrogen and oxygen atoms in total. The number of rotatable bonds is 9. The second kappa shape index (κ2) is 9.46. The minimum atomic E-state index is -0.0602. The van der Waals surface area contributed by atoms with E-state index in [9.17, 15) is 9.59 Å². The molecular weight excluding hydrogens is 332 g/mol. The number of carbonyl (C=O) groups is 2. The number of anilines is 1. The highest BCUT2D eigenvalue weighted by molar-refractivity contribution is 5.94. The van der Waals surface area contributed by atoms with Crippen LogP contribution in [0.5, 0.6) is 11.5 Å². The van der Waals surface area contributed by atoms with Crippen molar-refractivity contribution in [1.29, 1.82) is 0 Å². The Hall–Kier alpha value is -3.02. The van der Waals surface area contributed by atoms with E-state index in [-0.39, 0.29) is 11.7 Å². The Morgan fingerprint density at radius 1 is 1.00 bits per heavy atom. The predicted molar refractivity (Wildman–Crippen MR) is 101 cm³/mol. The van der Waals surface area contributed by atoms with E-state index in [1.165, 1.54) is 6.92 Å². The third-order valence-electron chi connectivity index (χ3n) is 3.89. The second-order valence-electron chi connectivity index (χ2n) is 5.78. The first kappa shape index (κ1) is 19.3. The van der Waals surface area contributed by atoms with Gasteiger partial charge in [-0.05, 0) is 36.8 Å². The highest BCUT2D eigenvalue weighted by Crippen LogP contribution is 2.27. The lowest BCUT2D eigenvalue weighted by atomic mass is 10.1. The number of ketones is 1. The van der Waals surface area contributed by atoms with Gasteiger partial charge in [0.15, 0.2) is 17.3 Å². The highest BCUT2D eigenvalue weighted by Gasteiger charge is 2.06. The van der Waals surface area contributed by atoms with E-state index in [2.05, 4.69) is 10.6 Å². The average Bonchev–Trinajstić information content (AvgIpc) is 2.66. The van der Waals surface area contributed by atoms with Crippen LogP contribution in [0.25, 0.3) is 0 Å². The topological polar surface area (TPSA) is 76.7 Å². The molecule has 0 saturated heterocycles. The van der Waals surface area contributed by atoms with Gasteiger partial charge in [0.1, 0.15) is 0 Å². The number of carbonyl (C=O) groups excluding carboxylic acids is 2. The number of amides is 1. The predicted octanol–water partition coefficient (Wildman–Crippen LogP) is 3.02. The van der Waals surface area contributed by atoms with Crippen LogP contribution in [-0.4, -0.2) is 32.5 Å². The zero-order valence-electron chi connectivity index (χ0n) is 15.3. The van der Waals surface area contributed by atoms with Gasteiger partial charge in [-0.1, -0.05) is 18.2 Å². The minimum Gasteiger partial charge on any atom is -0.493 e. The van der Waals surface area contributed by atoms with Crippen LogP contribution < -0.4 is 20.1 Å². The van der Waals surface area contributed by atoms with Crippen LogP contribution in [0.4, 0.5) is 5.69 Å². The molecule has 26 heavy (non-hydrogen) atoms. The molecule has 0 bridgehead atoms. The molecule has 0 saturated carbocycles. The van der Waals surface area contributed by atoms with Gasteiger partial charge in [-0.15, -0.1) is 0 Å². The molecule has 2 N–H and O–H groups in total. The summed E-state index contributed by atoms with van der Waals surface area (Å²) < 4.78 is 10.4. The molecule has 0 aliphatic rings. The zero-order chi connectivity index (χ0) is 18.9. The molecule has 2 aromatic carbocycles. The van der Waals surface area contributed by atoms with Crippen LogP contribution >= 0.6 is 0 Å². The Morgan fingerprint density at radius 3 is 2.46 bits per heavy atom. The van der Waals surface area contributed by atoms with Gasteiger partial charge >= 0.3 is 0 Å². The Morgan fingerprint density at radius 2 is 1.77 bits per heavy atom. The number of nitrogens with one attached hydrogen (secondary N) is 2. The molecule has 0 aromatic heterocycles. The van der Waals surface area contributed by atoms with Crippen LogP contribution in [0, 0.1) is 0 Å². The summed E-state index contributed by atoms with van der Waals surface area (Å²) in [5.41, 5.74) is 2.40. The molecule has 0 atom stereocenters. The molecule has 6 heteroatoms. The van der Waals surface area contributed by atoms with Crippen molar-refractivity contribution >= 4 is 17.4 Å². The monoisotopic (exact) mass is 356 g/mol. The van der Waals surface area contributed by atoms with Gasteiger partial charge < -0.3 is 20.1 Å². The van der Waals surface area contributed by atoms with E-state index in [1.54, 1.807) is 26.4 Å². The van der Waals surface area contributed by atoms with Crippen LogP contribution in [-0.2, 0) is 11.3 Å². The lowest BCUT2D eigenvalue weighted by Crippen LogP contribution is -2.24. The molecule has 0 heterocycles. The van der Waals surface area contributed by atoms with Crippen molar-refractivity contribution < 1.29 is 19.1 Å². The van der Waals surface area contributed by atoms with E-state index in [4.69, 9.17) is 9.47 Å². The molecule has 138 valence electrons. The van der Waals surface area contributed by atoms with E-state index in [1.807, 2.05) is 30.3 Å². The van der Waals surface area contributed by atoms with Gasteiger partial charge in [-0.3, -0.25) is 9.59 Å². The summed E-state index contributed by atoms with van der Waals surface area (Å²) in [6, 6.07) is 12.8. The van der Waals surface area contributed by atoms with Gasteiger partial charge in [0.2, 0.25) is 5.91 Å². The summed E-state index contributed by atoms with van der Waals surface area (Å²) in [6.45, 7) is 2.43. The summed E-state index contributed by atoms with van der Waals surface area (Å²) in [7, 11) is 3.16. The SMILES string of the molecule is COc1ccc(CNC(=O)CCNc2cccc(C(C)=O)c2)cc1OC. The molecule has 2 aromatic rings. The Balaban J connectivity index is 1.79. The maximum atomic E-state index is 12.0. The molecule has 0 radical (unpaired) electrons. The molecule has 2 rings (SSSR count). The van der Waals surface area contributed by atoms with Gasteiger partial charge in [-0.2, -0.15) is 0 Å². The van der Waals surface area contributed by atoms with Crippen molar-refractivity contribution in [2.75, 3.05) is 26.1 Å². The van der Waals surface area contributed by atoms with Gasteiger partial charge in [0.25, 0.3) is 0 Å². The fourth-order valence-corrected chi connectivity index (χ4v) is 2.45. The first-order chi connectivity index (χ1) is 12.5. The number of ether oxygens (including phenoxy) is 2. The van der Waals surface area contributed by atoms with Crippen LogP contribution in [0.3, 0.4) is 0 Å². The fourth-order valence-electron chi connectivity index (χ4n) is 2.45. The summed E-state index contributed by atoms with van der Waals surface area (Å²) in [5, 5.41) is 6.03. The maximum absolute atomic E-state index is 12.0. The summed E-state index contributed by atoms with van der Waals surface area (Å²) in [6.07, 6.45) is 0.331. The standard InChI is InChI=1S/C20H24N2O4/c1-14(23)16-5-4-6-17(12-16)21-10-9-20(24)22-13-15-7-8-18(25-2)19(11-15)26-3/h4-8,11-12,21H,9-10,13H2,1-3H3,(H,22,24). The first-order valence-corrected chi connectivity index (χ1v) is 8.36. The van der Waals surface area contributed by atoms with Gasteiger partial charge in [0, 0.05) is 30.8 Å². The third kappa shape index (κ3) is 5.51. The molecule has 0 aliphatic heterocycles. The van der Waals surface area contributed by atoms with Crippen molar-refractivity contribution in [3.05, 3.63) is 53.6 Å². The summed E-state index contributed by atoms with van der Waals surface area (Å²) in [5.74, 6) is 1.24. The van der Waals surface area contributed by atoms with Gasteiger partial charge in [-0.25, -0.2) is 0 Å². The van der Waals surface area contributed by atoms with E-state index in [0.717, 1.165) is 11.3 Å². The largest absolute Gasteiger partial charge is 0.493 e. The van der Waals surface area contributed by atoms with Crippen molar-refractivity contribution in [2.45, 2.75) is 19.9 Å². The van der Waals surface area contributed by atoms with E-state index < -0.39 is 0 Å². The fraction of sp³-hybridized carbons (Fsp3) is 0.300. The van der Waals surface area contributed by atoms with Crippen molar-refractivity contribution in [3.63, 3.8) is 0 Å². The molecular formula is C20H24N2O4. The van der Waals surface area contributed by atoms with Crippen molar-refractivity contribution in [3.8, 4) is 11.5 Å². The Kier molecular flexibility index (Phi) is 7.02. The van der Waals surface area contributed by atoms with Gasteiger partial charge in [0.05, 0.1) is 14.2 Å². The number of benzene rings is 2. The number of methoxy groups -OCH3 is 2.